The van der Waals surface area contributed by atoms with Gasteiger partial charge in [0.15, 0.2) is 0 Å². The van der Waals surface area contributed by atoms with Crippen LogP contribution in [0.25, 0.3) is 0 Å². The highest BCUT2D eigenvalue weighted by Gasteiger charge is 2.32. The highest BCUT2D eigenvalue weighted by atomic mass is 79.9. The number of aromatic nitrogens is 1. The van der Waals surface area contributed by atoms with Crippen molar-refractivity contribution >= 4 is 21.8 Å². The first-order valence-corrected chi connectivity index (χ1v) is 4.31. The standard InChI is InChI=1S/C7H4BrF3N2O2/c8-5-3(6(12)14)1-2-4(13-5)15-7(9,10)11/h1-2H,(H2,12,14). The van der Waals surface area contributed by atoms with Gasteiger partial charge in [-0.15, -0.1) is 13.2 Å². The van der Waals surface area contributed by atoms with E-state index in [0.717, 1.165) is 12.1 Å². The number of pyridine rings is 1. The van der Waals surface area contributed by atoms with Crippen LogP contribution in [-0.2, 0) is 0 Å². The Morgan fingerprint density at radius 1 is 1.47 bits per heavy atom. The van der Waals surface area contributed by atoms with E-state index < -0.39 is 18.1 Å². The Bertz CT molecular complexity index is 394. The molecular formula is C7H4BrF3N2O2. The van der Waals surface area contributed by atoms with Gasteiger partial charge in [0.25, 0.3) is 5.91 Å². The molecule has 0 saturated carbocycles. The lowest BCUT2D eigenvalue weighted by Crippen LogP contribution is -2.19. The molecule has 0 fully saturated rings. The van der Waals surface area contributed by atoms with Gasteiger partial charge in [0.2, 0.25) is 5.88 Å². The van der Waals surface area contributed by atoms with Crippen molar-refractivity contribution in [2.24, 2.45) is 5.73 Å². The van der Waals surface area contributed by atoms with E-state index in [-0.39, 0.29) is 10.2 Å². The lowest BCUT2D eigenvalue weighted by atomic mass is 10.3. The first-order valence-electron chi connectivity index (χ1n) is 3.51. The molecule has 1 rings (SSSR count). The van der Waals surface area contributed by atoms with Crippen LogP contribution >= 0.6 is 15.9 Å². The average Bonchev–Trinajstić information content (AvgIpc) is 1.99. The molecule has 0 aliphatic carbocycles. The van der Waals surface area contributed by atoms with Gasteiger partial charge in [-0.05, 0) is 22.0 Å². The van der Waals surface area contributed by atoms with E-state index in [9.17, 15) is 18.0 Å². The maximum Gasteiger partial charge on any atom is 0.574 e. The number of halogens is 4. The van der Waals surface area contributed by atoms with E-state index in [2.05, 4.69) is 25.7 Å². The third-order valence-corrected chi connectivity index (χ3v) is 1.91. The molecule has 1 heterocycles. The van der Waals surface area contributed by atoms with Crippen LogP contribution < -0.4 is 10.5 Å². The second-order valence-corrected chi connectivity index (χ2v) is 3.15. The average molecular weight is 285 g/mol. The van der Waals surface area contributed by atoms with Crippen molar-refractivity contribution in [3.05, 3.63) is 22.3 Å². The predicted molar refractivity (Wildman–Crippen MR) is 47.1 cm³/mol. The Kier molecular flexibility index (Phi) is 3.18. The summed E-state index contributed by atoms with van der Waals surface area (Å²) >= 11 is 2.80. The van der Waals surface area contributed by atoms with Gasteiger partial charge in [-0.1, -0.05) is 0 Å². The zero-order chi connectivity index (χ0) is 11.6. The molecule has 0 spiro atoms. The maximum atomic E-state index is 11.8. The highest BCUT2D eigenvalue weighted by molar-refractivity contribution is 9.10. The van der Waals surface area contributed by atoms with E-state index in [4.69, 9.17) is 5.73 Å². The molecule has 4 nitrogen and oxygen atoms in total. The molecule has 0 bridgehead atoms. The summed E-state index contributed by atoms with van der Waals surface area (Å²) in [5, 5.41) is 0. The minimum atomic E-state index is -4.82. The number of carbonyl (C=O) groups is 1. The summed E-state index contributed by atoms with van der Waals surface area (Å²) in [7, 11) is 0. The van der Waals surface area contributed by atoms with Crippen LogP contribution in [0.15, 0.2) is 16.7 Å². The molecule has 0 atom stereocenters. The Balaban J connectivity index is 2.97. The van der Waals surface area contributed by atoms with Gasteiger partial charge >= 0.3 is 6.36 Å². The molecule has 0 aromatic carbocycles. The molecule has 0 aliphatic heterocycles. The Labute approximate surface area is 90.4 Å². The molecule has 15 heavy (non-hydrogen) atoms. The fraction of sp³-hybridized carbons (Fsp3) is 0.143. The van der Waals surface area contributed by atoms with Gasteiger partial charge in [-0.25, -0.2) is 4.98 Å². The lowest BCUT2D eigenvalue weighted by Gasteiger charge is -2.08. The monoisotopic (exact) mass is 284 g/mol. The van der Waals surface area contributed by atoms with E-state index in [1.54, 1.807) is 0 Å². The number of hydrogen-bond acceptors (Lipinski definition) is 3. The van der Waals surface area contributed by atoms with Crippen molar-refractivity contribution in [3.63, 3.8) is 0 Å². The molecule has 1 aromatic rings. The fourth-order valence-electron chi connectivity index (χ4n) is 0.777. The van der Waals surface area contributed by atoms with Crippen LogP contribution in [0.3, 0.4) is 0 Å². The molecule has 0 saturated heterocycles. The number of primary amides is 1. The van der Waals surface area contributed by atoms with Crippen LogP contribution in [-0.4, -0.2) is 17.3 Å². The van der Waals surface area contributed by atoms with Crippen molar-refractivity contribution in [2.75, 3.05) is 0 Å². The van der Waals surface area contributed by atoms with E-state index in [1.807, 2.05) is 0 Å². The quantitative estimate of drug-likeness (QED) is 0.843. The number of nitrogens with zero attached hydrogens (tertiary/aromatic N) is 1. The van der Waals surface area contributed by atoms with Crippen molar-refractivity contribution < 1.29 is 22.7 Å². The van der Waals surface area contributed by atoms with E-state index in [0.29, 0.717) is 0 Å². The zero-order valence-corrected chi connectivity index (χ0v) is 8.59. The summed E-state index contributed by atoms with van der Waals surface area (Å²) in [6, 6.07) is 1.98. The number of nitrogens with two attached hydrogens (primary N) is 1. The second kappa shape index (κ2) is 4.05. The number of alkyl halides is 3. The van der Waals surface area contributed by atoms with Crippen LogP contribution in [0.1, 0.15) is 10.4 Å². The molecule has 1 aromatic heterocycles. The van der Waals surface area contributed by atoms with E-state index in [1.165, 1.54) is 0 Å². The van der Waals surface area contributed by atoms with Gasteiger partial charge in [-0.2, -0.15) is 0 Å². The van der Waals surface area contributed by atoms with Crippen molar-refractivity contribution in [1.82, 2.24) is 4.98 Å². The minimum Gasteiger partial charge on any atom is -0.388 e. The van der Waals surface area contributed by atoms with Crippen LogP contribution in [0.5, 0.6) is 5.88 Å². The van der Waals surface area contributed by atoms with Crippen LogP contribution in [0.4, 0.5) is 13.2 Å². The second-order valence-electron chi connectivity index (χ2n) is 2.40. The Morgan fingerprint density at radius 2 is 2.07 bits per heavy atom. The molecule has 0 radical (unpaired) electrons. The molecule has 82 valence electrons. The van der Waals surface area contributed by atoms with Crippen molar-refractivity contribution in [2.45, 2.75) is 6.36 Å². The van der Waals surface area contributed by atoms with Crippen molar-refractivity contribution in [1.29, 1.82) is 0 Å². The van der Waals surface area contributed by atoms with Gasteiger partial charge in [0, 0.05) is 6.07 Å². The first kappa shape index (κ1) is 11.8. The smallest absolute Gasteiger partial charge is 0.388 e. The first-order chi connectivity index (χ1) is 6.79. The molecule has 0 unspecified atom stereocenters. The summed E-state index contributed by atoms with van der Waals surface area (Å²) < 4.78 is 38.7. The van der Waals surface area contributed by atoms with Gasteiger partial charge < -0.3 is 10.5 Å². The third kappa shape index (κ3) is 3.39. The largest absolute Gasteiger partial charge is 0.574 e. The maximum absolute atomic E-state index is 11.8. The Morgan fingerprint density at radius 3 is 2.47 bits per heavy atom. The molecule has 8 heteroatoms. The van der Waals surface area contributed by atoms with E-state index >= 15 is 0 Å². The molecular weight excluding hydrogens is 281 g/mol. The summed E-state index contributed by atoms with van der Waals surface area (Å²) in [6.45, 7) is 0. The number of hydrogen-bond donors (Lipinski definition) is 1. The number of amides is 1. The molecule has 0 aliphatic rings. The summed E-state index contributed by atoms with van der Waals surface area (Å²) in [5.41, 5.74) is 4.90. The van der Waals surface area contributed by atoms with Crippen LogP contribution in [0.2, 0.25) is 0 Å². The number of carbonyl (C=O) groups excluding carboxylic acids is 1. The lowest BCUT2D eigenvalue weighted by molar-refractivity contribution is -0.276. The zero-order valence-electron chi connectivity index (χ0n) is 7.01. The number of rotatable bonds is 2. The summed E-state index contributed by atoms with van der Waals surface area (Å²) in [5.74, 6) is -1.47. The minimum absolute atomic E-state index is 0.0236. The fourth-order valence-corrected chi connectivity index (χ4v) is 1.28. The SMILES string of the molecule is NC(=O)c1ccc(OC(F)(F)F)nc1Br. The third-order valence-electron chi connectivity index (χ3n) is 1.31. The van der Waals surface area contributed by atoms with Gasteiger partial charge in [0.05, 0.1) is 5.56 Å². The van der Waals surface area contributed by atoms with Gasteiger partial charge in [0.1, 0.15) is 4.60 Å². The molecule has 1 amide bonds. The van der Waals surface area contributed by atoms with Crippen molar-refractivity contribution in [3.8, 4) is 5.88 Å². The normalized spacial score (nSPS) is 11.2. The topological polar surface area (TPSA) is 65.2 Å². The Hall–Kier alpha value is -1.31. The van der Waals surface area contributed by atoms with Gasteiger partial charge in [-0.3, -0.25) is 4.79 Å². The number of ether oxygens (including phenoxy) is 1. The highest BCUT2D eigenvalue weighted by Crippen LogP contribution is 2.23. The predicted octanol–water partition coefficient (Wildman–Crippen LogP) is 1.84. The molecule has 2 N–H and O–H groups in total. The summed E-state index contributed by atoms with van der Waals surface area (Å²) in [6.07, 6.45) is -4.82. The summed E-state index contributed by atoms with van der Waals surface area (Å²) in [4.78, 5) is 14.1. The van der Waals surface area contributed by atoms with Crippen LogP contribution in [0, 0.1) is 0 Å².